The molecule has 0 aromatic heterocycles. The SMILES string of the molecule is O=C(O)CCC(=O)c1ccc(Cl)c(Br)c1. The van der Waals surface area contributed by atoms with Gasteiger partial charge < -0.3 is 5.11 Å². The second-order valence-electron chi connectivity index (χ2n) is 2.95. The number of hydrogen-bond acceptors (Lipinski definition) is 2. The first-order chi connectivity index (χ1) is 7.00. The molecule has 0 aliphatic heterocycles. The highest BCUT2D eigenvalue weighted by Crippen LogP contribution is 2.23. The van der Waals surface area contributed by atoms with E-state index < -0.39 is 5.97 Å². The molecule has 0 unspecified atom stereocenters. The fourth-order valence-corrected chi connectivity index (χ4v) is 1.53. The summed E-state index contributed by atoms with van der Waals surface area (Å²) < 4.78 is 0.630. The summed E-state index contributed by atoms with van der Waals surface area (Å²) in [5, 5.41) is 8.94. The lowest BCUT2D eigenvalue weighted by Crippen LogP contribution is -2.03. The molecule has 15 heavy (non-hydrogen) atoms. The molecular formula is C10H8BrClO3. The van der Waals surface area contributed by atoms with Gasteiger partial charge in [0.05, 0.1) is 11.4 Å². The summed E-state index contributed by atoms with van der Waals surface area (Å²) in [4.78, 5) is 21.8. The van der Waals surface area contributed by atoms with Crippen LogP contribution in [0.5, 0.6) is 0 Å². The molecule has 5 heteroatoms. The average molecular weight is 292 g/mol. The maximum Gasteiger partial charge on any atom is 0.303 e. The van der Waals surface area contributed by atoms with Crippen molar-refractivity contribution >= 4 is 39.3 Å². The lowest BCUT2D eigenvalue weighted by atomic mass is 10.1. The van der Waals surface area contributed by atoms with Crippen LogP contribution in [-0.4, -0.2) is 16.9 Å². The minimum atomic E-state index is -0.976. The topological polar surface area (TPSA) is 54.4 Å². The second-order valence-corrected chi connectivity index (χ2v) is 4.21. The van der Waals surface area contributed by atoms with Gasteiger partial charge in [-0.15, -0.1) is 0 Å². The number of carbonyl (C=O) groups is 2. The van der Waals surface area contributed by atoms with Crippen LogP contribution in [0.25, 0.3) is 0 Å². The average Bonchev–Trinajstić information content (AvgIpc) is 2.18. The number of hydrogen-bond donors (Lipinski definition) is 1. The summed E-state index contributed by atoms with van der Waals surface area (Å²) in [5.41, 5.74) is 0.465. The molecule has 0 spiro atoms. The molecule has 0 saturated carbocycles. The van der Waals surface area contributed by atoms with E-state index in [1.54, 1.807) is 18.2 Å². The molecule has 1 rings (SSSR count). The largest absolute Gasteiger partial charge is 0.481 e. The fourth-order valence-electron chi connectivity index (χ4n) is 1.03. The predicted octanol–water partition coefficient (Wildman–Crippen LogP) is 3.15. The van der Waals surface area contributed by atoms with Gasteiger partial charge in [0.1, 0.15) is 0 Å². The number of carboxylic acid groups (broad SMARTS) is 1. The Bertz CT molecular complexity index is 404. The van der Waals surface area contributed by atoms with E-state index >= 15 is 0 Å². The normalized spacial score (nSPS) is 10.0. The van der Waals surface area contributed by atoms with Gasteiger partial charge in [-0.1, -0.05) is 11.6 Å². The van der Waals surface area contributed by atoms with Gasteiger partial charge in [0, 0.05) is 16.5 Å². The van der Waals surface area contributed by atoms with E-state index in [1.165, 1.54) is 0 Å². The number of benzene rings is 1. The van der Waals surface area contributed by atoms with E-state index in [0.717, 1.165) is 0 Å². The summed E-state index contributed by atoms with van der Waals surface area (Å²) in [6.45, 7) is 0. The Labute approximate surface area is 100 Å². The summed E-state index contributed by atoms with van der Waals surface area (Å²) in [7, 11) is 0. The lowest BCUT2D eigenvalue weighted by molar-refractivity contribution is -0.136. The van der Waals surface area contributed by atoms with Crippen LogP contribution in [-0.2, 0) is 4.79 Å². The molecule has 0 aliphatic carbocycles. The van der Waals surface area contributed by atoms with E-state index in [1.807, 2.05) is 0 Å². The van der Waals surface area contributed by atoms with Gasteiger partial charge in [0.25, 0.3) is 0 Å². The van der Waals surface area contributed by atoms with Crippen molar-refractivity contribution in [1.82, 2.24) is 0 Å². The van der Waals surface area contributed by atoms with Crippen LogP contribution >= 0.6 is 27.5 Å². The number of halogens is 2. The summed E-state index contributed by atoms with van der Waals surface area (Å²) in [6, 6.07) is 4.77. The third-order valence-electron chi connectivity index (χ3n) is 1.81. The van der Waals surface area contributed by atoms with Crippen LogP contribution in [0.15, 0.2) is 22.7 Å². The Hall–Kier alpha value is -0.870. The molecule has 0 fully saturated rings. The molecule has 0 aliphatic rings. The summed E-state index contributed by atoms with van der Waals surface area (Å²) in [6.07, 6.45) is -0.150. The van der Waals surface area contributed by atoms with Crippen molar-refractivity contribution in [3.8, 4) is 0 Å². The quantitative estimate of drug-likeness (QED) is 0.867. The summed E-state index contributed by atoms with van der Waals surface area (Å²) in [5.74, 6) is -1.17. The van der Waals surface area contributed by atoms with E-state index in [2.05, 4.69) is 15.9 Å². The van der Waals surface area contributed by atoms with Crippen molar-refractivity contribution in [3.63, 3.8) is 0 Å². The Morgan fingerprint density at radius 2 is 2.00 bits per heavy atom. The van der Waals surface area contributed by atoms with Crippen molar-refractivity contribution < 1.29 is 14.7 Å². The summed E-state index contributed by atoms with van der Waals surface area (Å²) >= 11 is 8.95. The third kappa shape index (κ3) is 3.64. The zero-order chi connectivity index (χ0) is 11.4. The molecule has 1 N–H and O–H groups in total. The van der Waals surface area contributed by atoms with Crippen LogP contribution in [0.3, 0.4) is 0 Å². The molecule has 0 heterocycles. The van der Waals surface area contributed by atoms with Crippen LogP contribution in [0.2, 0.25) is 5.02 Å². The van der Waals surface area contributed by atoms with E-state index in [-0.39, 0.29) is 18.6 Å². The van der Waals surface area contributed by atoms with Crippen molar-refractivity contribution in [2.45, 2.75) is 12.8 Å². The fraction of sp³-hybridized carbons (Fsp3) is 0.200. The van der Waals surface area contributed by atoms with Gasteiger partial charge in [-0.25, -0.2) is 0 Å². The van der Waals surface area contributed by atoms with Crippen LogP contribution in [0.4, 0.5) is 0 Å². The molecule has 0 bridgehead atoms. The Balaban J connectivity index is 2.74. The van der Waals surface area contributed by atoms with Gasteiger partial charge >= 0.3 is 5.97 Å². The molecule has 3 nitrogen and oxygen atoms in total. The van der Waals surface area contributed by atoms with Crippen molar-refractivity contribution in [2.24, 2.45) is 0 Å². The molecule has 0 atom stereocenters. The van der Waals surface area contributed by atoms with Crippen molar-refractivity contribution in [2.75, 3.05) is 0 Å². The third-order valence-corrected chi connectivity index (χ3v) is 3.02. The van der Waals surface area contributed by atoms with Crippen molar-refractivity contribution in [3.05, 3.63) is 33.3 Å². The zero-order valence-corrected chi connectivity index (χ0v) is 10.0. The highest BCUT2D eigenvalue weighted by atomic mass is 79.9. The van der Waals surface area contributed by atoms with Crippen LogP contribution in [0.1, 0.15) is 23.2 Å². The molecule has 0 amide bonds. The Kier molecular flexibility index (Phi) is 4.29. The molecule has 80 valence electrons. The number of rotatable bonds is 4. The Morgan fingerprint density at radius 3 is 2.53 bits per heavy atom. The first-order valence-corrected chi connectivity index (χ1v) is 5.38. The van der Waals surface area contributed by atoms with Crippen LogP contribution in [0, 0.1) is 0 Å². The van der Waals surface area contributed by atoms with E-state index in [9.17, 15) is 9.59 Å². The molecule has 1 aromatic carbocycles. The smallest absolute Gasteiger partial charge is 0.303 e. The van der Waals surface area contributed by atoms with Crippen molar-refractivity contribution in [1.29, 1.82) is 0 Å². The van der Waals surface area contributed by atoms with Gasteiger partial charge in [-0.2, -0.15) is 0 Å². The maximum atomic E-state index is 11.5. The molecule has 0 saturated heterocycles. The molecular weight excluding hydrogens is 283 g/mol. The minimum Gasteiger partial charge on any atom is -0.481 e. The van der Waals surface area contributed by atoms with E-state index in [4.69, 9.17) is 16.7 Å². The van der Waals surface area contributed by atoms with Gasteiger partial charge in [0.15, 0.2) is 5.78 Å². The monoisotopic (exact) mass is 290 g/mol. The predicted molar refractivity (Wildman–Crippen MR) is 60.4 cm³/mol. The zero-order valence-electron chi connectivity index (χ0n) is 7.67. The molecule has 1 aromatic rings. The number of aliphatic carboxylic acids is 1. The number of carboxylic acids is 1. The first-order valence-electron chi connectivity index (χ1n) is 4.20. The number of carbonyl (C=O) groups excluding carboxylic acids is 1. The standard InChI is InChI=1S/C10H8BrClO3/c11-7-5-6(1-2-8(7)12)9(13)3-4-10(14)15/h1-2,5H,3-4H2,(H,14,15). The van der Waals surface area contributed by atoms with E-state index in [0.29, 0.717) is 15.1 Å². The Morgan fingerprint density at radius 1 is 1.33 bits per heavy atom. The van der Waals surface area contributed by atoms with Crippen LogP contribution < -0.4 is 0 Å². The highest BCUT2D eigenvalue weighted by Gasteiger charge is 2.09. The first kappa shape index (κ1) is 12.2. The highest BCUT2D eigenvalue weighted by molar-refractivity contribution is 9.10. The lowest BCUT2D eigenvalue weighted by Gasteiger charge is -2.01. The number of Topliss-reactive ketones (excluding diaryl/α,β-unsaturated/α-hetero) is 1. The maximum absolute atomic E-state index is 11.5. The molecule has 0 radical (unpaired) electrons. The van der Waals surface area contributed by atoms with Gasteiger partial charge in [0.2, 0.25) is 0 Å². The van der Waals surface area contributed by atoms with Gasteiger partial charge in [-0.3, -0.25) is 9.59 Å². The minimum absolute atomic E-state index is 0.00338. The van der Waals surface area contributed by atoms with Gasteiger partial charge in [-0.05, 0) is 34.1 Å². The number of ketones is 1. The second kappa shape index (κ2) is 5.28.